The highest BCUT2D eigenvalue weighted by atomic mass is 32.1. The average Bonchev–Trinajstić information content (AvgIpc) is 2.99. The normalized spacial score (nSPS) is 11.7. The van der Waals surface area contributed by atoms with Crippen molar-refractivity contribution in [3.63, 3.8) is 0 Å². The summed E-state index contributed by atoms with van der Waals surface area (Å²) in [5.41, 5.74) is 0. The van der Waals surface area contributed by atoms with Crippen molar-refractivity contribution in [2.75, 3.05) is 13.7 Å². The summed E-state index contributed by atoms with van der Waals surface area (Å²) in [6.45, 7) is 1.92. The molecule has 0 saturated carbocycles. The molecule has 0 spiro atoms. The van der Waals surface area contributed by atoms with E-state index in [-0.39, 0.29) is 18.6 Å². The number of amides is 1. The van der Waals surface area contributed by atoms with Gasteiger partial charge < -0.3 is 14.8 Å². The monoisotopic (exact) mass is 291 g/mol. The topological polar surface area (TPSA) is 47.6 Å². The zero-order valence-electron chi connectivity index (χ0n) is 11.5. The molecule has 1 aromatic heterocycles. The van der Waals surface area contributed by atoms with E-state index >= 15 is 0 Å². The Morgan fingerprint density at radius 1 is 1.25 bits per heavy atom. The van der Waals surface area contributed by atoms with Gasteiger partial charge in [-0.05, 0) is 30.5 Å². The van der Waals surface area contributed by atoms with Crippen molar-refractivity contribution in [2.24, 2.45) is 0 Å². The lowest BCUT2D eigenvalue weighted by Gasteiger charge is -2.13. The first-order valence-corrected chi connectivity index (χ1v) is 7.17. The highest BCUT2D eigenvalue weighted by Crippen LogP contribution is 2.25. The molecular formula is C15H17NO3S. The van der Waals surface area contributed by atoms with Crippen LogP contribution in [-0.2, 0) is 4.79 Å². The maximum atomic E-state index is 11.8. The van der Waals surface area contributed by atoms with E-state index in [9.17, 15) is 4.79 Å². The van der Waals surface area contributed by atoms with Crippen LogP contribution in [0.4, 0.5) is 0 Å². The van der Waals surface area contributed by atoms with Gasteiger partial charge in [-0.25, -0.2) is 0 Å². The molecule has 1 amide bonds. The van der Waals surface area contributed by atoms with Crippen LogP contribution in [0.25, 0.3) is 0 Å². The number of rotatable bonds is 6. The summed E-state index contributed by atoms with van der Waals surface area (Å²) >= 11 is 1.62. The van der Waals surface area contributed by atoms with E-state index in [2.05, 4.69) is 5.32 Å². The molecule has 0 saturated heterocycles. The van der Waals surface area contributed by atoms with Gasteiger partial charge in [-0.2, -0.15) is 0 Å². The molecule has 5 heteroatoms. The predicted molar refractivity (Wildman–Crippen MR) is 79.4 cm³/mol. The Morgan fingerprint density at radius 3 is 2.65 bits per heavy atom. The molecule has 1 unspecified atom stereocenters. The zero-order valence-corrected chi connectivity index (χ0v) is 12.3. The summed E-state index contributed by atoms with van der Waals surface area (Å²) in [4.78, 5) is 13.0. The molecule has 2 aromatic rings. The molecule has 0 bridgehead atoms. The van der Waals surface area contributed by atoms with Crippen molar-refractivity contribution in [3.8, 4) is 11.5 Å². The van der Waals surface area contributed by atoms with Crippen LogP contribution in [0.3, 0.4) is 0 Å². The maximum absolute atomic E-state index is 11.8. The highest BCUT2D eigenvalue weighted by Gasteiger charge is 2.11. The Kier molecular flexibility index (Phi) is 5.01. The van der Waals surface area contributed by atoms with Crippen LogP contribution in [-0.4, -0.2) is 19.6 Å². The summed E-state index contributed by atoms with van der Waals surface area (Å²) in [7, 11) is 1.57. The first-order valence-electron chi connectivity index (χ1n) is 6.29. The van der Waals surface area contributed by atoms with Crippen molar-refractivity contribution < 1.29 is 14.3 Å². The van der Waals surface area contributed by atoms with Gasteiger partial charge in [-0.3, -0.25) is 4.79 Å². The average molecular weight is 291 g/mol. The molecule has 1 aromatic carbocycles. The number of hydrogen-bond donors (Lipinski definition) is 1. The molecule has 2 rings (SSSR count). The Bertz CT molecular complexity index is 554. The lowest BCUT2D eigenvalue weighted by molar-refractivity contribution is -0.123. The fourth-order valence-corrected chi connectivity index (χ4v) is 2.51. The van der Waals surface area contributed by atoms with Gasteiger partial charge in [0.15, 0.2) is 18.1 Å². The van der Waals surface area contributed by atoms with Crippen molar-refractivity contribution >= 4 is 17.2 Å². The SMILES string of the molecule is COc1ccccc1OCC(=O)NC(C)c1cccs1. The lowest BCUT2D eigenvalue weighted by Crippen LogP contribution is -2.30. The minimum Gasteiger partial charge on any atom is -0.493 e. The smallest absolute Gasteiger partial charge is 0.258 e. The summed E-state index contributed by atoms with van der Waals surface area (Å²) in [6.07, 6.45) is 0. The quantitative estimate of drug-likeness (QED) is 0.890. The van der Waals surface area contributed by atoms with E-state index in [4.69, 9.17) is 9.47 Å². The minimum absolute atomic E-state index is 0.0104. The number of ether oxygens (including phenoxy) is 2. The van der Waals surface area contributed by atoms with E-state index in [0.29, 0.717) is 11.5 Å². The van der Waals surface area contributed by atoms with Crippen molar-refractivity contribution in [1.82, 2.24) is 5.32 Å². The van der Waals surface area contributed by atoms with Crippen LogP contribution in [0.2, 0.25) is 0 Å². The number of carbonyl (C=O) groups excluding carboxylic acids is 1. The second kappa shape index (κ2) is 6.96. The Morgan fingerprint density at radius 2 is 2.00 bits per heavy atom. The number of thiophene rings is 1. The molecule has 106 valence electrons. The Hall–Kier alpha value is -2.01. The number of para-hydroxylation sites is 2. The zero-order chi connectivity index (χ0) is 14.4. The van der Waals surface area contributed by atoms with Gasteiger partial charge in [0.1, 0.15) is 0 Å². The van der Waals surface area contributed by atoms with Crippen molar-refractivity contribution in [2.45, 2.75) is 13.0 Å². The Labute approximate surface area is 122 Å². The summed E-state index contributed by atoms with van der Waals surface area (Å²) in [5.74, 6) is 1.03. The standard InChI is InChI=1S/C15H17NO3S/c1-11(14-8-5-9-20-14)16-15(17)10-19-13-7-4-3-6-12(13)18-2/h3-9,11H,10H2,1-2H3,(H,16,17). The van der Waals surface area contributed by atoms with Gasteiger partial charge in [0.05, 0.1) is 13.2 Å². The van der Waals surface area contributed by atoms with Crippen LogP contribution in [0.15, 0.2) is 41.8 Å². The van der Waals surface area contributed by atoms with Crippen LogP contribution in [0.5, 0.6) is 11.5 Å². The number of carbonyl (C=O) groups is 1. The van der Waals surface area contributed by atoms with Crippen molar-refractivity contribution in [3.05, 3.63) is 46.7 Å². The van der Waals surface area contributed by atoms with Gasteiger partial charge in [0.2, 0.25) is 0 Å². The second-order valence-corrected chi connectivity index (χ2v) is 5.22. The molecule has 0 radical (unpaired) electrons. The van der Waals surface area contributed by atoms with Gasteiger partial charge in [-0.1, -0.05) is 18.2 Å². The van der Waals surface area contributed by atoms with Gasteiger partial charge >= 0.3 is 0 Å². The van der Waals surface area contributed by atoms with E-state index < -0.39 is 0 Å². The summed E-state index contributed by atoms with van der Waals surface area (Å²) in [6, 6.07) is 11.2. The maximum Gasteiger partial charge on any atom is 0.258 e. The molecule has 1 atom stereocenters. The number of nitrogens with one attached hydrogen (secondary N) is 1. The third kappa shape index (κ3) is 3.74. The molecule has 0 fully saturated rings. The minimum atomic E-state index is -0.156. The molecule has 0 aliphatic heterocycles. The van der Waals surface area contributed by atoms with Gasteiger partial charge in [0.25, 0.3) is 5.91 Å². The molecule has 0 aliphatic carbocycles. The predicted octanol–water partition coefficient (Wildman–Crippen LogP) is 3.01. The first-order chi connectivity index (χ1) is 9.70. The lowest BCUT2D eigenvalue weighted by atomic mass is 10.3. The van der Waals surface area contributed by atoms with E-state index in [1.54, 1.807) is 30.6 Å². The third-order valence-corrected chi connectivity index (χ3v) is 3.83. The second-order valence-electron chi connectivity index (χ2n) is 4.24. The highest BCUT2D eigenvalue weighted by molar-refractivity contribution is 7.10. The van der Waals surface area contributed by atoms with E-state index in [1.165, 1.54) is 0 Å². The summed E-state index contributed by atoms with van der Waals surface area (Å²) < 4.78 is 10.6. The molecule has 1 N–H and O–H groups in total. The van der Waals surface area contributed by atoms with Gasteiger partial charge in [-0.15, -0.1) is 11.3 Å². The van der Waals surface area contributed by atoms with Crippen LogP contribution < -0.4 is 14.8 Å². The number of benzene rings is 1. The Balaban J connectivity index is 1.86. The third-order valence-electron chi connectivity index (χ3n) is 2.78. The fraction of sp³-hybridized carbons (Fsp3) is 0.267. The van der Waals surface area contributed by atoms with Crippen molar-refractivity contribution in [1.29, 1.82) is 0 Å². The number of methoxy groups -OCH3 is 1. The molecule has 0 aliphatic rings. The molecule has 1 heterocycles. The molecular weight excluding hydrogens is 274 g/mol. The van der Waals surface area contributed by atoms with Crippen LogP contribution >= 0.6 is 11.3 Å². The largest absolute Gasteiger partial charge is 0.493 e. The first kappa shape index (κ1) is 14.4. The van der Waals surface area contributed by atoms with Gasteiger partial charge in [0, 0.05) is 4.88 Å². The van der Waals surface area contributed by atoms with E-state index in [1.807, 2.05) is 36.6 Å². The van der Waals surface area contributed by atoms with Crippen LogP contribution in [0.1, 0.15) is 17.8 Å². The van der Waals surface area contributed by atoms with Crippen LogP contribution in [0, 0.1) is 0 Å². The molecule has 20 heavy (non-hydrogen) atoms. The van der Waals surface area contributed by atoms with E-state index in [0.717, 1.165) is 4.88 Å². The summed E-state index contributed by atoms with van der Waals surface area (Å²) in [5, 5.41) is 4.89. The molecule has 4 nitrogen and oxygen atoms in total. The number of hydrogen-bond acceptors (Lipinski definition) is 4. The fourth-order valence-electron chi connectivity index (χ4n) is 1.77.